The SMILES string of the molecule is O=C(C[C@H](NC[C@H]1CCCO1)C(=O)O)Nc1ccc(Br)cc1. The molecule has 1 saturated heterocycles. The van der Waals surface area contributed by atoms with Crippen LogP contribution in [0.15, 0.2) is 28.7 Å². The Morgan fingerprint density at radius 3 is 2.68 bits per heavy atom. The van der Waals surface area contributed by atoms with Gasteiger partial charge in [0.1, 0.15) is 6.04 Å². The predicted octanol–water partition coefficient (Wildman–Crippen LogP) is 2.00. The van der Waals surface area contributed by atoms with Crippen molar-refractivity contribution in [2.75, 3.05) is 18.5 Å². The summed E-state index contributed by atoms with van der Waals surface area (Å²) in [6.45, 7) is 1.16. The van der Waals surface area contributed by atoms with E-state index in [2.05, 4.69) is 26.6 Å². The maximum absolute atomic E-state index is 12.0. The average Bonchev–Trinajstić information content (AvgIpc) is 2.99. The summed E-state index contributed by atoms with van der Waals surface area (Å²) < 4.78 is 6.34. The van der Waals surface area contributed by atoms with Crippen molar-refractivity contribution < 1.29 is 19.4 Å². The number of amides is 1. The highest BCUT2D eigenvalue weighted by Gasteiger charge is 2.23. The van der Waals surface area contributed by atoms with E-state index < -0.39 is 12.0 Å². The summed E-state index contributed by atoms with van der Waals surface area (Å²) in [4.78, 5) is 23.2. The second-order valence-electron chi connectivity index (χ2n) is 5.19. The predicted molar refractivity (Wildman–Crippen MR) is 85.8 cm³/mol. The molecule has 3 N–H and O–H groups in total. The lowest BCUT2D eigenvalue weighted by atomic mass is 10.1. The van der Waals surface area contributed by atoms with Crippen molar-refractivity contribution in [1.29, 1.82) is 0 Å². The maximum atomic E-state index is 12.0. The zero-order chi connectivity index (χ0) is 15.9. The quantitative estimate of drug-likeness (QED) is 0.683. The van der Waals surface area contributed by atoms with Crippen molar-refractivity contribution in [3.05, 3.63) is 28.7 Å². The molecule has 22 heavy (non-hydrogen) atoms. The van der Waals surface area contributed by atoms with Crippen LogP contribution < -0.4 is 10.6 Å². The number of anilines is 1. The minimum Gasteiger partial charge on any atom is -0.480 e. The fraction of sp³-hybridized carbons (Fsp3) is 0.467. The van der Waals surface area contributed by atoms with Crippen molar-refractivity contribution in [1.82, 2.24) is 5.32 Å². The third-order valence-corrected chi connectivity index (χ3v) is 3.96. The van der Waals surface area contributed by atoms with Crippen molar-refractivity contribution in [2.45, 2.75) is 31.4 Å². The molecule has 0 aromatic heterocycles. The van der Waals surface area contributed by atoms with Gasteiger partial charge < -0.3 is 20.5 Å². The fourth-order valence-corrected chi connectivity index (χ4v) is 2.52. The number of nitrogens with one attached hydrogen (secondary N) is 2. The number of rotatable bonds is 7. The number of aliphatic carboxylic acids is 1. The number of carboxylic acid groups (broad SMARTS) is 1. The first-order valence-corrected chi connectivity index (χ1v) is 7.97. The van der Waals surface area contributed by atoms with Crippen LogP contribution in [-0.4, -0.2) is 42.3 Å². The van der Waals surface area contributed by atoms with Gasteiger partial charge in [-0.15, -0.1) is 0 Å². The van der Waals surface area contributed by atoms with Crippen LogP contribution in [0.3, 0.4) is 0 Å². The van der Waals surface area contributed by atoms with Gasteiger partial charge in [0.15, 0.2) is 0 Å². The molecule has 2 rings (SSSR count). The van der Waals surface area contributed by atoms with Gasteiger partial charge in [-0.1, -0.05) is 15.9 Å². The van der Waals surface area contributed by atoms with Gasteiger partial charge in [0, 0.05) is 23.3 Å². The highest BCUT2D eigenvalue weighted by Crippen LogP contribution is 2.15. The van der Waals surface area contributed by atoms with E-state index in [0.29, 0.717) is 18.8 Å². The van der Waals surface area contributed by atoms with Gasteiger partial charge in [0.2, 0.25) is 5.91 Å². The van der Waals surface area contributed by atoms with Gasteiger partial charge in [0.05, 0.1) is 12.5 Å². The van der Waals surface area contributed by atoms with Crippen molar-refractivity contribution in [3.8, 4) is 0 Å². The molecule has 0 unspecified atom stereocenters. The minimum absolute atomic E-state index is 0.0383. The zero-order valence-electron chi connectivity index (χ0n) is 12.0. The van der Waals surface area contributed by atoms with Crippen LogP contribution >= 0.6 is 15.9 Å². The zero-order valence-corrected chi connectivity index (χ0v) is 13.6. The lowest BCUT2D eigenvalue weighted by Gasteiger charge is -2.17. The highest BCUT2D eigenvalue weighted by atomic mass is 79.9. The molecule has 0 aliphatic carbocycles. The summed E-state index contributed by atoms with van der Waals surface area (Å²) in [5, 5.41) is 14.8. The highest BCUT2D eigenvalue weighted by molar-refractivity contribution is 9.10. The number of carboxylic acids is 1. The molecule has 0 spiro atoms. The first kappa shape index (κ1) is 16.9. The second-order valence-corrected chi connectivity index (χ2v) is 6.11. The number of hydrogen-bond acceptors (Lipinski definition) is 4. The van der Waals surface area contributed by atoms with Gasteiger partial charge in [-0.2, -0.15) is 0 Å². The minimum atomic E-state index is -1.04. The monoisotopic (exact) mass is 370 g/mol. The van der Waals surface area contributed by atoms with Gasteiger partial charge >= 0.3 is 5.97 Å². The second kappa shape index (κ2) is 8.26. The van der Waals surface area contributed by atoms with Gasteiger partial charge in [-0.25, -0.2) is 0 Å². The number of hydrogen-bond donors (Lipinski definition) is 3. The number of ether oxygens (including phenoxy) is 1. The van der Waals surface area contributed by atoms with Crippen LogP contribution in [0.2, 0.25) is 0 Å². The molecule has 2 atom stereocenters. The standard InChI is InChI=1S/C15H19BrN2O4/c16-10-3-5-11(6-4-10)18-14(19)8-13(15(20)21)17-9-12-2-1-7-22-12/h3-6,12-13,17H,1-2,7-9H2,(H,18,19)(H,20,21)/t12-,13+/m1/s1. The molecule has 0 radical (unpaired) electrons. The van der Waals surface area contributed by atoms with Crippen LogP contribution in [0.1, 0.15) is 19.3 Å². The molecule has 1 heterocycles. The van der Waals surface area contributed by atoms with Crippen molar-refractivity contribution >= 4 is 33.5 Å². The summed E-state index contributed by atoms with van der Waals surface area (Å²) in [5.41, 5.74) is 0.636. The Bertz CT molecular complexity index is 515. The Morgan fingerprint density at radius 1 is 1.36 bits per heavy atom. The summed E-state index contributed by atoms with van der Waals surface area (Å²) in [5.74, 6) is -1.38. The molecule has 1 aliphatic heterocycles. The lowest BCUT2D eigenvalue weighted by molar-refractivity contribution is -0.141. The molecule has 1 aliphatic rings. The first-order chi connectivity index (χ1) is 10.5. The van der Waals surface area contributed by atoms with E-state index in [9.17, 15) is 14.7 Å². The van der Waals surface area contributed by atoms with Crippen molar-refractivity contribution in [2.24, 2.45) is 0 Å². The smallest absolute Gasteiger partial charge is 0.321 e. The number of carbonyl (C=O) groups is 2. The molecule has 1 aromatic carbocycles. The molecule has 7 heteroatoms. The third kappa shape index (κ3) is 5.40. The first-order valence-electron chi connectivity index (χ1n) is 7.18. The molecule has 1 aromatic rings. The van der Waals surface area contributed by atoms with Crippen LogP contribution in [0.4, 0.5) is 5.69 Å². The summed E-state index contributed by atoms with van der Waals surface area (Å²) in [7, 11) is 0. The van der Waals surface area contributed by atoms with E-state index in [4.69, 9.17) is 4.74 Å². The normalized spacial score (nSPS) is 18.9. The summed E-state index contributed by atoms with van der Waals surface area (Å²) in [6, 6.07) is 6.19. The molecule has 0 saturated carbocycles. The number of benzene rings is 1. The van der Waals surface area contributed by atoms with Crippen LogP contribution in [-0.2, 0) is 14.3 Å². The number of carbonyl (C=O) groups excluding carboxylic acids is 1. The topological polar surface area (TPSA) is 87.7 Å². The largest absolute Gasteiger partial charge is 0.480 e. The average molecular weight is 371 g/mol. The Labute approximate surface area is 137 Å². The van der Waals surface area contributed by atoms with E-state index in [1.54, 1.807) is 24.3 Å². The van der Waals surface area contributed by atoms with Crippen LogP contribution in [0, 0.1) is 0 Å². The van der Waals surface area contributed by atoms with Gasteiger partial charge in [0.25, 0.3) is 0 Å². The van der Waals surface area contributed by atoms with Gasteiger partial charge in [-0.05, 0) is 37.1 Å². The summed E-state index contributed by atoms with van der Waals surface area (Å²) in [6.07, 6.45) is 1.83. The van der Waals surface area contributed by atoms with E-state index in [1.165, 1.54) is 0 Å². The molecule has 1 amide bonds. The molecule has 6 nitrogen and oxygen atoms in total. The Kier molecular flexibility index (Phi) is 6.35. The Morgan fingerprint density at radius 2 is 2.09 bits per heavy atom. The number of halogens is 1. The Balaban J connectivity index is 1.82. The molecular formula is C15H19BrN2O4. The van der Waals surface area contributed by atoms with Crippen molar-refractivity contribution in [3.63, 3.8) is 0 Å². The van der Waals surface area contributed by atoms with Gasteiger partial charge in [-0.3, -0.25) is 9.59 Å². The molecular weight excluding hydrogens is 352 g/mol. The molecule has 0 bridgehead atoms. The van der Waals surface area contributed by atoms with Crippen LogP contribution in [0.25, 0.3) is 0 Å². The van der Waals surface area contributed by atoms with E-state index in [-0.39, 0.29) is 18.4 Å². The fourth-order valence-electron chi connectivity index (χ4n) is 2.26. The lowest BCUT2D eigenvalue weighted by Crippen LogP contribution is -2.43. The van der Waals surface area contributed by atoms with E-state index in [1.807, 2.05) is 0 Å². The van der Waals surface area contributed by atoms with Crippen LogP contribution in [0.5, 0.6) is 0 Å². The molecule has 120 valence electrons. The third-order valence-electron chi connectivity index (χ3n) is 3.43. The maximum Gasteiger partial charge on any atom is 0.321 e. The molecule has 1 fully saturated rings. The van der Waals surface area contributed by atoms with E-state index >= 15 is 0 Å². The van der Waals surface area contributed by atoms with E-state index in [0.717, 1.165) is 17.3 Å². The summed E-state index contributed by atoms with van der Waals surface area (Å²) >= 11 is 3.31. The Hall–Kier alpha value is -1.44.